The first-order chi connectivity index (χ1) is 12.6. The highest BCUT2D eigenvalue weighted by Crippen LogP contribution is 2.35. The van der Waals surface area contributed by atoms with E-state index in [-0.39, 0.29) is 23.5 Å². The van der Waals surface area contributed by atoms with Crippen molar-refractivity contribution in [2.45, 2.75) is 25.8 Å². The Morgan fingerprint density at radius 3 is 2.73 bits per heavy atom. The minimum Gasteiger partial charge on any atom is -0.350 e. The lowest BCUT2D eigenvalue weighted by Gasteiger charge is -2.25. The molecule has 1 aliphatic heterocycles. The van der Waals surface area contributed by atoms with Crippen LogP contribution in [0.3, 0.4) is 0 Å². The molecule has 0 unspecified atom stereocenters. The van der Waals surface area contributed by atoms with E-state index in [1.807, 2.05) is 17.0 Å². The van der Waals surface area contributed by atoms with Crippen molar-refractivity contribution in [1.29, 1.82) is 0 Å². The van der Waals surface area contributed by atoms with Crippen LogP contribution < -0.4 is 0 Å². The number of nitrogens with zero attached hydrogens (tertiary/aromatic N) is 2. The molecule has 132 valence electrons. The van der Waals surface area contributed by atoms with Crippen molar-refractivity contribution in [1.82, 2.24) is 10.1 Å². The molecule has 0 N–H and O–H groups in total. The smallest absolute Gasteiger partial charge is 0.292 e. The molecule has 26 heavy (non-hydrogen) atoms. The van der Waals surface area contributed by atoms with Crippen molar-refractivity contribution < 1.29 is 13.7 Å². The van der Waals surface area contributed by atoms with Crippen LogP contribution in [0.15, 0.2) is 59.1 Å². The van der Waals surface area contributed by atoms with Crippen molar-refractivity contribution in [3.63, 3.8) is 0 Å². The van der Waals surface area contributed by atoms with E-state index < -0.39 is 0 Å². The Morgan fingerprint density at radius 1 is 1.19 bits per heavy atom. The molecule has 0 radical (unpaired) electrons. The Bertz CT molecular complexity index is 933. The maximum absolute atomic E-state index is 13.1. The lowest BCUT2D eigenvalue weighted by molar-refractivity contribution is 0.0693. The third-order valence-corrected chi connectivity index (χ3v) is 4.92. The van der Waals surface area contributed by atoms with Crippen LogP contribution in [-0.2, 0) is 0 Å². The van der Waals surface area contributed by atoms with E-state index in [2.05, 4.69) is 24.2 Å². The van der Waals surface area contributed by atoms with Crippen molar-refractivity contribution in [2.75, 3.05) is 6.54 Å². The number of carbonyl (C=O) groups is 1. The molecule has 1 saturated heterocycles. The zero-order valence-electron chi connectivity index (χ0n) is 14.5. The van der Waals surface area contributed by atoms with Crippen LogP contribution in [0, 0.1) is 12.7 Å². The van der Waals surface area contributed by atoms with Gasteiger partial charge in [0.1, 0.15) is 11.5 Å². The van der Waals surface area contributed by atoms with Crippen LogP contribution in [0.5, 0.6) is 0 Å². The molecule has 2 heterocycles. The zero-order valence-corrected chi connectivity index (χ0v) is 14.5. The Hall–Kier alpha value is -2.95. The number of hydrogen-bond donors (Lipinski definition) is 0. The normalized spacial score (nSPS) is 16.8. The lowest BCUT2D eigenvalue weighted by Crippen LogP contribution is -2.30. The fourth-order valence-electron chi connectivity index (χ4n) is 3.57. The Balaban J connectivity index is 1.59. The van der Waals surface area contributed by atoms with E-state index in [0.29, 0.717) is 17.8 Å². The molecule has 0 bridgehead atoms. The highest BCUT2D eigenvalue weighted by Gasteiger charge is 2.33. The summed E-state index contributed by atoms with van der Waals surface area (Å²) in [6.45, 7) is 2.77. The minimum atomic E-state index is -0.313. The number of amides is 1. The summed E-state index contributed by atoms with van der Waals surface area (Å²) in [5.41, 5.74) is 3.60. The molecule has 2 aromatic carbocycles. The summed E-state index contributed by atoms with van der Waals surface area (Å²) in [5.74, 6) is -0.256. The molecular formula is C21H19FN2O2. The van der Waals surface area contributed by atoms with Crippen LogP contribution in [0.25, 0.3) is 11.3 Å². The fraction of sp³-hybridized carbons (Fsp3) is 0.238. The number of aromatic nitrogens is 1. The number of likely N-dealkylation sites (tertiary alicyclic amines) is 1. The van der Waals surface area contributed by atoms with Gasteiger partial charge in [0.2, 0.25) is 5.76 Å². The van der Waals surface area contributed by atoms with Gasteiger partial charge >= 0.3 is 0 Å². The van der Waals surface area contributed by atoms with E-state index in [0.717, 1.165) is 12.8 Å². The van der Waals surface area contributed by atoms with Crippen LogP contribution >= 0.6 is 0 Å². The molecule has 0 aliphatic carbocycles. The number of hydrogen-bond acceptors (Lipinski definition) is 3. The molecule has 1 aliphatic rings. The summed E-state index contributed by atoms with van der Waals surface area (Å²) in [5, 5.41) is 3.98. The monoisotopic (exact) mass is 350 g/mol. The molecule has 4 rings (SSSR count). The van der Waals surface area contributed by atoms with E-state index in [1.54, 1.807) is 18.2 Å². The van der Waals surface area contributed by atoms with Crippen LogP contribution in [0.2, 0.25) is 0 Å². The molecule has 0 spiro atoms. The summed E-state index contributed by atoms with van der Waals surface area (Å²) in [4.78, 5) is 14.8. The third kappa shape index (κ3) is 3.01. The fourth-order valence-corrected chi connectivity index (χ4v) is 3.57. The first kappa shape index (κ1) is 16.5. The van der Waals surface area contributed by atoms with Gasteiger partial charge in [0, 0.05) is 18.2 Å². The van der Waals surface area contributed by atoms with E-state index in [9.17, 15) is 9.18 Å². The SMILES string of the molecule is Cc1ccccc1[C@H]1CCCN1C(=O)c1cc(-c2ccc(F)cc2)no1. The molecule has 4 nitrogen and oxygen atoms in total. The standard InChI is InChI=1S/C21H19FN2O2/c1-14-5-2-3-6-17(14)19-7-4-12-24(19)21(25)20-13-18(23-26-20)15-8-10-16(22)11-9-15/h2-3,5-6,8-11,13,19H,4,7,12H2,1H3/t19-/m1/s1. The molecule has 1 aromatic heterocycles. The van der Waals surface area contributed by atoms with E-state index in [1.165, 1.54) is 23.3 Å². The van der Waals surface area contributed by atoms with E-state index >= 15 is 0 Å². The van der Waals surface area contributed by atoms with Gasteiger partial charge in [-0.2, -0.15) is 0 Å². The first-order valence-corrected chi connectivity index (χ1v) is 8.72. The summed E-state index contributed by atoms with van der Waals surface area (Å²) in [6.07, 6.45) is 1.90. The van der Waals surface area contributed by atoms with Gasteiger partial charge in [-0.25, -0.2) is 4.39 Å². The summed E-state index contributed by atoms with van der Waals surface area (Å²) in [6, 6.07) is 15.8. The molecule has 1 fully saturated rings. The largest absolute Gasteiger partial charge is 0.350 e. The average molecular weight is 350 g/mol. The number of aryl methyl sites for hydroxylation is 1. The second-order valence-corrected chi connectivity index (χ2v) is 6.60. The van der Waals surface area contributed by atoms with E-state index in [4.69, 9.17) is 4.52 Å². The van der Waals surface area contributed by atoms with Gasteiger partial charge < -0.3 is 9.42 Å². The second kappa shape index (κ2) is 6.75. The van der Waals surface area contributed by atoms with Gasteiger partial charge in [-0.05, 0) is 55.2 Å². The predicted octanol–water partition coefficient (Wildman–Crippen LogP) is 4.77. The van der Waals surface area contributed by atoms with Gasteiger partial charge in [0.25, 0.3) is 5.91 Å². The van der Waals surface area contributed by atoms with Crippen molar-refractivity contribution in [3.8, 4) is 11.3 Å². The minimum absolute atomic E-state index is 0.0584. The zero-order chi connectivity index (χ0) is 18.1. The first-order valence-electron chi connectivity index (χ1n) is 8.72. The predicted molar refractivity (Wildman–Crippen MR) is 96.1 cm³/mol. The number of rotatable bonds is 3. The maximum atomic E-state index is 13.1. The Kier molecular flexibility index (Phi) is 4.29. The summed E-state index contributed by atoms with van der Waals surface area (Å²) < 4.78 is 18.4. The highest BCUT2D eigenvalue weighted by atomic mass is 19.1. The van der Waals surface area contributed by atoms with Gasteiger partial charge in [0.05, 0.1) is 6.04 Å². The quantitative estimate of drug-likeness (QED) is 0.684. The topological polar surface area (TPSA) is 46.3 Å². The third-order valence-electron chi connectivity index (χ3n) is 4.92. The summed E-state index contributed by atoms with van der Waals surface area (Å²) in [7, 11) is 0. The van der Waals surface area contributed by atoms with Crippen LogP contribution in [0.1, 0.15) is 40.6 Å². The van der Waals surface area contributed by atoms with Crippen LogP contribution in [-0.4, -0.2) is 22.5 Å². The van der Waals surface area contributed by atoms with Crippen LogP contribution in [0.4, 0.5) is 4.39 Å². The maximum Gasteiger partial charge on any atom is 0.292 e. The number of benzene rings is 2. The molecule has 1 amide bonds. The van der Waals surface area contributed by atoms with Gasteiger partial charge in [-0.3, -0.25) is 4.79 Å². The second-order valence-electron chi connectivity index (χ2n) is 6.60. The Morgan fingerprint density at radius 2 is 1.96 bits per heavy atom. The van der Waals surface area contributed by atoms with Gasteiger partial charge in [0.15, 0.2) is 0 Å². The average Bonchev–Trinajstić information content (AvgIpc) is 3.32. The van der Waals surface area contributed by atoms with Crippen molar-refractivity contribution in [3.05, 3.63) is 77.3 Å². The van der Waals surface area contributed by atoms with Gasteiger partial charge in [-0.15, -0.1) is 0 Å². The number of carbonyl (C=O) groups excluding carboxylic acids is 1. The molecule has 5 heteroatoms. The molecular weight excluding hydrogens is 331 g/mol. The highest BCUT2D eigenvalue weighted by molar-refractivity contribution is 5.93. The van der Waals surface area contributed by atoms with Crippen molar-refractivity contribution >= 4 is 5.91 Å². The molecule has 3 aromatic rings. The number of halogens is 1. The molecule has 0 saturated carbocycles. The molecule has 1 atom stereocenters. The Labute approximate surface area is 151 Å². The van der Waals surface area contributed by atoms with Crippen molar-refractivity contribution in [2.24, 2.45) is 0 Å². The lowest BCUT2D eigenvalue weighted by atomic mass is 9.99. The van der Waals surface area contributed by atoms with Gasteiger partial charge in [-0.1, -0.05) is 29.4 Å². The summed E-state index contributed by atoms with van der Waals surface area (Å²) >= 11 is 0.